The zero-order chi connectivity index (χ0) is 16.0. The van der Waals surface area contributed by atoms with Crippen LogP contribution in [0.3, 0.4) is 0 Å². The number of pyridine rings is 1. The fourth-order valence-corrected chi connectivity index (χ4v) is 2.48. The van der Waals surface area contributed by atoms with Crippen molar-refractivity contribution in [3.8, 4) is 5.82 Å². The molecule has 2 heterocycles. The van der Waals surface area contributed by atoms with Crippen molar-refractivity contribution < 1.29 is 4.79 Å². The standard InChI is InChI=1S/C16H23N5O/c1-3-16(4-2,12-17)15(22)19-11-13-7-5-8-18-14(13)21-10-6-9-20-21/h5-10H,3-4,11-12,17H2,1-2H3,(H,19,22). The van der Waals surface area contributed by atoms with Crippen LogP contribution in [0.5, 0.6) is 0 Å². The van der Waals surface area contributed by atoms with Gasteiger partial charge in [0.2, 0.25) is 5.91 Å². The molecular weight excluding hydrogens is 278 g/mol. The molecule has 0 aliphatic heterocycles. The van der Waals surface area contributed by atoms with Crippen LogP contribution in [0.25, 0.3) is 5.82 Å². The van der Waals surface area contributed by atoms with E-state index in [1.165, 1.54) is 0 Å². The summed E-state index contributed by atoms with van der Waals surface area (Å²) in [5, 5.41) is 7.19. The highest BCUT2D eigenvalue weighted by Gasteiger charge is 2.33. The lowest BCUT2D eigenvalue weighted by Crippen LogP contribution is -2.45. The van der Waals surface area contributed by atoms with E-state index < -0.39 is 5.41 Å². The van der Waals surface area contributed by atoms with Gasteiger partial charge in [0.1, 0.15) is 0 Å². The fourth-order valence-electron chi connectivity index (χ4n) is 2.48. The summed E-state index contributed by atoms with van der Waals surface area (Å²) in [7, 11) is 0. The maximum atomic E-state index is 12.5. The van der Waals surface area contributed by atoms with Crippen molar-refractivity contribution in [2.24, 2.45) is 11.1 Å². The van der Waals surface area contributed by atoms with Crippen molar-refractivity contribution in [3.63, 3.8) is 0 Å². The van der Waals surface area contributed by atoms with E-state index in [-0.39, 0.29) is 5.91 Å². The molecule has 0 spiro atoms. The maximum Gasteiger partial charge on any atom is 0.227 e. The fraction of sp³-hybridized carbons (Fsp3) is 0.438. The van der Waals surface area contributed by atoms with Crippen LogP contribution in [-0.4, -0.2) is 27.2 Å². The molecule has 0 aromatic carbocycles. The molecule has 2 rings (SSSR count). The summed E-state index contributed by atoms with van der Waals surface area (Å²) in [6, 6.07) is 5.63. The first kappa shape index (κ1) is 16.2. The van der Waals surface area contributed by atoms with E-state index in [1.54, 1.807) is 17.1 Å². The molecule has 0 saturated carbocycles. The molecular formula is C16H23N5O. The summed E-state index contributed by atoms with van der Waals surface area (Å²) < 4.78 is 1.69. The molecule has 6 nitrogen and oxygen atoms in total. The van der Waals surface area contributed by atoms with E-state index in [2.05, 4.69) is 15.4 Å². The van der Waals surface area contributed by atoms with Crippen molar-refractivity contribution in [2.45, 2.75) is 33.2 Å². The molecule has 0 aliphatic rings. The number of amides is 1. The Balaban J connectivity index is 2.14. The Morgan fingerprint density at radius 3 is 2.68 bits per heavy atom. The second-order valence-corrected chi connectivity index (χ2v) is 5.31. The van der Waals surface area contributed by atoms with Gasteiger partial charge in [-0.25, -0.2) is 9.67 Å². The van der Waals surface area contributed by atoms with E-state index in [0.717, 1.165) is 24.2 Å². The Morgan fingerprint density at radius 2 is 2.09 bits per heavy atom. The summed E-state index contributed by atoms with van der Waals surface area (Å²) in [5.74, 6) is 0.717. The molecule has 22 heavy (non-hydrogen) atoms. The second kappa shape index (κ2) is 7.17. The minimum absolute atomic E-state index is 0.00438. The molecule has 0 bridgehead atoms. The van der Waals surface area contributed by atoms with E-state index in [4.69, 9.17) is 5.73 Å². The van der Waals surface area contributed by atoms with Crippen LogP contribution < -0.4 is 11.1 Å². The number of carbonyl (C=O) groups is 1. The highest BCUT2D eigenvalue weighted by atomic mass is 16.2. The number of carbonyl (C=O) groups excluding carboxylic acids is 1. The predicted octanol–water partition coefficient (Wildman–Crippen LogP) is 1.65. The summed E-state index contributed by atoms with van der Waals surface area (Å²) in [6.45, 7) is 4.75. The van der Waals surface area contributed by atoms with Crippen LogP contribution in [0.2, 0.25) is 0 Å². The Labute approximate surface area is 130 Å². The highest BCUT2D eigenvalue weighted by molar-refractivity contribution is 5.82. The van der Waals surface area contributed by atoms with Crippen molar-refractivity contribution in [1.82, 2.24) is 20.1 Å². The van der Waals surface area contributed by atoms with E-state index in [9.17, 15) is 4.79 Å². The minimum Gasteiger partial charge on any atom is -0.351 e. The molecule has 0 atom stereocenters. The van der Waals surface area contributed by atoms with Gasteiger partial charge >= 0.3 is 0 Å². The monoisotopic (exact) mass is 301 g/mol. The second-order valence-electron chi connectivity index (χ2n) is 5.31. The third-order valence-corrected chi connectivity index (χ3v) is 4.25. The summed E-state index contributed by atoms with van der Waals surface area (Å²) in [5.41, 5.74) is 6.24. The molecule has 0 radical (unpaired) electrons. The van der Waals surface area contributed by atoms with E-state index >= 15 is 0 Å². The Morgan fingerprint density at radius 1 is 1.32 bits per heavy atom. The van der Waals surface area contributed by atoms with E-state index in [1.807, 2.05) is 38.2 Å². The quantitative estimate of drug-likeness (QED) is 0.814. The molecule has 3 N–H and O–H groups in total. The predicted molar refractivity (Wildman–Crippen MR) is 85.3 cm³/mol. The number of hydrogen-bond donors (Lipinski definition) is 2. The molecule has 2 aromatic rings. The van der Waals surface area contributed by atoms with Crippen molar-refractivity contribution in [2.75, 3.05) is 6.54 Å². The average molecular weight is 301 g/mol. The Hall–Kier alpha value is -2.21. The minimum atomic E-state index is -0.492. The van der Waals surface area contributed by atoms with Gasteiger partial charge in [-0.15, -0.1) is 0 Å². The zero-order valence-corrected chi connectivity index (χ0v) is 13.1. The van der Waals surface area contributed by atoms with Gasteiger partial charge < -0.3 is 11.1 Å². The molecule has 0 aliphatic carbocycles. The molecule has 118 valence electrons. The van der Waals surface area contributed by atoms with Gasteiger partial charge in [-0.05, 0) is 25.0 Å². The first-order valence-corrected chi connectivity index (χ1v) is 7.59. The largest absolute Gasteiger partial charge is 0.351 e. The van der Waals surface area contributed by atoms with E-state index in [0.29, 0.717) is 13.1 Å². The van der Waals surface area contributed by atoms with Crippen LogP contribution >= 0.6 is 0 Å². The van der Waals surface area contributed by atoms with Gasteiger partial charge in [-0.3, -0.25) is 4.79 Å². The molecule has 6 heteroatoms. The molecule has 0 fully saturated rings. The van der Waals surface area contributed by atoms with Crippen LogP contribution in [0.1, 0.15) is 32.3 Å². The number of nitrogens with two attached hydrogens (primary N) is 1. The summed E-state index contributed by atoms with van der Waals surface area (Å²) in [6.07, 6.45) is 6.70. The number of aromatic nitrogens is 3. The Bertz CT molecular complexity index is 596. The van der Waals surface area contributed by atoms with Crippen LogP contribution in [-0.2, 0) is 11.3 Å². The normalized spacial score (nSPS) is 11.4. The van der Waals surface area contributed by atoms with Gasteiger partial charge in [-0.2, -0.15) is 5.10 Å². The number of hydrogen-bond acceptors (Lipinski definition) is 4. The van der Waals surface area contributed by atoms with Crippen LogP contribution in [0.15, 0.2) is 36.8 Å². The molecule has 0 unspecified atom stereocenters. The lowest BCUT2D eigenvalue weighted by molar-refractivity contribution is -0.131. The van der Waals surface area contributed by atoms with Crippen molar-refractivity contribution >= 4 is 5.91 Å². The number of nitrogens with one attached hydrogen (secondary N) is 1. The Kier molecular flexibility index (Phi) is 5.27. The van der Waals surface area contributed by atoms with Gasteiger partial charge in [-0.1, -0.05) is 19.9 Å². The zero-order valence-electron chi connectivity index (χ0n) is 13.1. The first-order chi connectivity index (χ1) is 10.7. The average Bonchev–Trinajstić information content (AvgIpc) is 3.09. The lowest BCUT2D eigenvalue weighted by atomic mass is 9.81. The smallest absolute Gasteiger partial charge is 0.227 e. The SMILES string of the molecule is CCC(CC)(CN)C(=O)NCc1cccnc1-n1cccn1. The van der Waals surface area contributed by atoms with Crippen LogP contribution in [0.4, 0.5) is 0 Å². The third kappa shape index (κ3) is 3.17. The lowest BCUT2D eigenvalue weighted by Gasteiger charge is -2.28. The van der Waals surface area contributed by atoms with Crippen molar-refractivity contribution in [1.29, 1.82) is 0 Å². The topological polar surface area (TPSA) is 85.8 Å². The summed E-state index contributed by atoms with van der Waals surface area (Å²) in [4.78, 5) is 16.8. The molecule has 1 amide bonds. The van der Waals surface area contributed by atoms with Gasteiger partial charge in [0.05, 0.1) is 5.41 Å². The first-order valence-electron chi connectivity index (χ1n) is 7.59. The van der Waals surface area contributed by atoms with Gasteiger partial charge in [0, 0.05) is 37.2 Å². The van der Waals surface area contributed by atoms with Crippen molar-refractivity contribution in [3.05, 3.63) is 42.4 Å². The number of nitrogens with zero attached hydrogens (tertiary/aromatic N) is 3. The third-order valence-electron chi connectivity index (χ3n) is 4.25. The number of rotatable bonds is 7. The highest BCUT2D eigenvalue weighted by Crippen LogP contribution is 2.25. The molecule has 2 aromatic heterocycles. The van der Waals surface area contributed by atoms with Gasteiger partial charge in [0.25, 0.3) is 0 Å². The van der Waals surface area contributed by atoms with Gasteiger partial charge in [0.15, 0.2) is 5.82 Å². The summed E-state index contributed by atoms with van der Waals surface area (Å²) >= 11 is 0. The molecule has 0 saturated heterocycles. The van der Waals surface area contributed by atoms with Crippen LogP contribution in [0, 0.1) is 5.41 Å². The maximum absolute atomic E-state index is 12.5.